The van der Waals surface area contributed by atoms with E-state index < -0.39 is 0 Å². The molecule has 1 aromatic carbocycles. The van der Waals surface area contributed by atoms with Crippen molar-refractivity contribution in [1.82, 2.24) is 4.90 Å². The molecule has 3 heterocycles. The molecule has 0 radical (unpaired) electrons. The number of carbonyl (C=O) groups is 1. The molecule has 0 N–H and O–H groups in total. The Balaban J connectivity index is 1.53. The van der Waals surface area contributed by atoms with Crippen LogP contribution in [-0.4, -0.2) is 35.9 Å². The minimum absolute atomic E-state index is 0.150. The van der Waals surface area contributed by atoms with Crippen LogP contribution >= 0.6 is 11.8 Å². The number of hydrogen-bond donors (Lipinski definition) is 0. The minimum Gasteiger partial charge on any atom is -0.454 e. The van der Waals surface area contributed by atoms with E-state index in [1.54, 1.807) is 0 Å². The Labute approximate surface area is 133 Å². The van der Waals surface area contributed by atoms with Crippen LogP contribution < -0.4 is 9.47 Å². The van der Waals surface area contributed by atoms with Crippen molar-refractivity contribution >= 4 is 28.9 Å². The van der Waals surface area contributed by atoms with Crippen LogP contribution in [0.25, 0.3) is 6.08 Å². The Kier molecular flexibility index (Phi) is 3.54. The molecule has 0 atom stereocenters. The third-order valence-electron chi connectivity index (χ3n) is 3.93. The van der Waals surface area contributed by atoms with Gasteiger partial charge in [-0.25, -0.2) is 0 Å². The summed E-state index contributed by atoms with van der Waals surface area (Å²) in [5.41, 5.74) is 0.926. The summed E-state index contributed by atoms with van der Waals surface area (Å²) in [7, 11) is 0. The van der Waals surface area contributed by atoms with Crippen LogP contribution in [0.2, 0.25) is 0 Å². The molecule has 3 aliphatic rings. The maximum atomic E-state index is 12.1. The molecular formula is C16H16N2O3S. The van der Waals surface area contributed by atoms with Crippen molar-refractivity contribution in [3.63, 3.8) is 0 Å². The molecule has 0 saturated carbocycles. The normalized spacial score (nSPS) is 22.4. The highest BCUT2D eigenvalue weighted by Crippen LogP contribution is 2.35. The summed E-state index contributed by atoms with van der Waals surface area (Å²) in [6.45, 7) is 2.25. The number of ether oxygens (including phenoxy) is 2. The van der Waals surface area contributed by atoms with Gasteiger partial charge < -0.3 is 14.4 Å². The van der Waals surface area contributed by atoms with Gasteiger partial charge in [-0.1, -0.05) is 6.07 Å². The van der Waals surface area contributed by atoms with Crippen molar-refractivity contribution in [2.75, 3.05) is 19.9 Å². The standard InChI is InChI=1S/C16H16N2O3S/c19-15-14(22-16(17-15)18-6-2-1-3-7-18)9-11-4-5-12-13(8-11)21-10-20-12/h4-5,8-9H,1-3,6-7,10H2/b14-9+. The highest BCUT2D eigenvalue weighted by Gasteiger charge is 2.27. The topological polar surface area (TPSA) is 51.1 Å². The second-order valence-electron chi connectivity index (χ2n) is 5.47. The number of piperidine rings is 1. The molecule has 1 aromatic rings. The molecule has 1 amide bonds. The van der Waals surface area contributed by atoms with Crippen molar-refractivity contribution in [2.24, 2.45) is 4.99 Å². The van der Waals surface area contributed by atoms with E-state index in [0.717, 1.165) is 35.3 Å². The Morgan fingerprint density at radius 2 is 1.95 bits per heavy atom. The summed E-state index contributed by atoms with van der Waals surface area (Å²) in [5, 5.41) is 0.844. The van der Waals surface area contributed by atoms with Crippen molar-refractivity contribution < 1.29 is 14.3 Å². The lowest BCUT2D eigenvalue weighted by atomic mass is 10.1. The zero-order valence-electron chi connectivity index (χ0n) is 12.1. The zero-order chi connectivity index (χ0) is 14.9. The predicted molar refractivity (Wildman–Crippen MR) is 86.0 cm³/mol. The second-order valence-corrected chi connectivity index (χ2v) is 6.48. The number of aliphatic imine (C=N–C) groups is 1. The van der Waals surface area contributed by atoms with E-state index in [9.17, 15) is 4.79 Å². The fourth-order valence-electron chi connectivity index (χ4n) is 2.77. The lowest BCUT2D eigenvalue weighted by Crippen LogP contribution is -2.33. The van der Waals surface area contributed by atoms with E-state index >= 15 is 0 Å². The van der Waals surface area contributed by atoms with Crippen molar-refractivity contribution in [1.29, 1.82) is 0 Å². The Bertz CT molecular complexity index is 678. The van der Waals surface area contributed by atoms with Crippen LogP contribution in [0.5, 0.6) is 11.5 Å². The summed E-state index contributed by atoms with van der Waals surface area (Å²) in [6.07, 6.45) is 5.49. The summed E-state index contributed by atoms with van der Waals surface area (Å²) >= 11 is 1.47. The number of carbonyl (C=O) groups excluding carboxylic acids is 1. The van der Waals surface area contributed by atoms with Crippen LogP contribution in [0.15, 0.2) is 28.1 Å². The second kappa shape index (κ2) is 5.68. The van der Waals surface area contributed by atoms with Crippen LogP contribution in [0.3, 0.4) is 0 Å². The SMILES string of the molecule is O=C1N=C(N2CCCCC2)S/C1=C/c1ccc2c(c1)OCO2. The third kappa shape index (κ3) is 2.59. The van der Waals surface area contributed by atoms with Gasteiger partial charge in [0, 0.05) is 13.1 Å². The van der Waals surface area contributed by atoms with Gasteiger partial charge in [-0.3, -0.25) is 4.79 Å². The number of nitrogens with zero attached hydrogens (tertiary/aromatic N) is 2. The third-order valence-corrected chi connectivity index (χ3v) is 4.97. The highest BCUT2D eigenvalue weighted by molar-refractivity contribution is 8.18. The number of benzene rings is 1. The number of likely N-dealkylation sites (tertiary alicyclic amines) is 1. The maximum Gasteiger partial charge on any atom is 0.286 e. The monoisotopic (exact) mass is 316 g/mol. The summed E-state index contributed by atoms with van der Waals surface area (Å²) in [4.78, 5) is 19.2. The van der Waals surface area contributed by atoms with Crippen molar-refractivity contribution in [2.45, 2.75) is 19.3 Å². The fraction of sp³-hybridized carbons (Fsp3) is 0.375. The Hall–Kier alpha value is -1.95. The minimum atomic E-state index is -0.150. The summed E-state index contributed by atoms with van der Waals surface area (Å²) in [6, 6.07) is 5.68. The first-order valence-corrected chi connectivity index (χ1v) is 8.28. The highest BCUT2D eigenvalue weighted by atomic mass is 32.2. The predicted octanol–water partition coefficient (Wildman–Crippen LogP) is 2.87. The van der Waals surface area contributed by atoms with Gasteiger partial charge >= 0.3 is 0 Å². The first-order chi connectivity index (χ1) is 10.8. The van der Waals surface area contributed by atoms with E-state index in [1.165, 1.54) is 31.0 Å². The number of amides is 1. The van der Waals surface area contributed by atoms with Crippen molar-refractivity contribution in [3.05, 3.63) is 28.7 Å². The van der Waals surface area contributed by atoms with E-state index in [0.29, 0.717) is 4.91 Å². The number of amidine groups is 1. The molecule has 0 unspecified atom stereocenters. The van der Waals surface area contributed by atoms with Crippen LogP contribution in [0.4, 0.5) is 0 Å². The molecule has 0 spiro atoms. The first-order valence-electron chi connectivity index (χ1n) is 7.47. The van der Waals surface area contributed by atoms with E-state index in [4.69, 9.17) is 9.47 Å². The van der Waals surface area contributed by atoms with Crippen LogP contribution in [0.1, 0.15) is 24.8 Å². The number of thioether (sulfide) groups is 1. The molecule has 0 bridgehead atoms. The summed E-state index contributed by atoms with van der Waals surface area (Å²) in [5.74, 6) is 1.32. The lowest BCUT2D eigenvalue weighted by Gasteiger charge is -2.27. The van der Waals surface area contributed by atoms with Crippen LogP contribution in [0, 0.1) is 0 Å². The molecule has 1 saturated heterocycles. The van der Waals surface area contributed by atoms with Gasteiger partial charge in [0.15, 0.2) is 16.7 Å². The average molecular weight is 316 g/mol. The molecular weight excluding hydrogens is 300 g/mol. The molecule has 1 fully saturated rings. The molecule has 4 rings (SSSR count). The molecule has 5 nitrogen and oxygen atoms in total. The van der Waals surface area contributed by atoms with Gasteiger partial charge in [0.25, 0.3) is 5.91 Å². The largest absolute Gasteiger partial charge is 0.454 e. The average Bonchev–Trinajstić information content (AvgIpc) is 3.15. The van der Waals surface area contributed by atoms with Gasteiger partial charge in [-0.15, -0.1) is 0 Å². The smallest absolute Gasteiger partial charge is 0.286 e. The number of hydrogen-bond acceptors (Lipinski definition) is 5. The van der Waals surface area contributed by atoms with E-state index in [-0.39, 0.29) is 12.7 Å². The van der Waals surface area contributed by atoms with Crippen molar-refractivity contribution in [3.8, 4) is 11.5 Å². The molecule has 114 valence electrons. The molecule has 0 aromatic heterocycles. The number of rotatable bonds is 1. The summed E-state index contributed by atoms with van der Waals surface area (Å²) < 4.78 is 10.7. The number of fused-ring (bicyclic) bond motifs is 1. The Morgan fingerprint density at radius 1 is 1.14 bits per heavy atom. The lowest BCUT2D eigenvalue weighted by molar-refractivity contribution is -0.113. The van der Waals surface area contributed by atoms with Gasteiger partial charge in [-0.05, 0) is 54.8 Å². The molecule has 6 heteroatoms. The van der Waals surface area contributed by atoms with Gasteiger partial charge in [0.1, 0.15) is 0 Å². The molecule has 22 heavy (non-hydrogen) atoms. The quantitative estimate of drug-likeness (QED) is 0.746. The Morgan fingerprint density at radius 3 is 2.82 bits per heavy atom. The van der Waals surface area contributed by atoms with Gasteiger partial charge in [-0.2, -0.15) is 4.99 Å². The van der Waals surface area contributed by atoms with Gasteiger partial charge in [0.2, 0.25) is 6.79 Å². The van der Waals surface area contributed by atoms with E-state index in [2.05, 4.69) is 9.89 Å². The van der Waals surface area contributed by atoms with Crippen LogP contribution in [-0.2, 0) is 4.79 Å². The zero-order valence-corrected chi connectivity index (χ0v) is 12.9. The maximum absolute atomic E-state index is 12.1. The first kappa shape index (κ1) is 13.7. The molecule has 3 aliphatic heterocycles. The molecule has 0 aliphatic carbocycles. The van der Waals surface area contributed by atoms with Gasteiger partial charge in [0.05, 0.1) is 4.91 Å². The van der Waals surface area contributed by atoms with E-state index in [1.807, 2.05) is 24.3 Å². The fourth-order valence-corrected chi connectivity index (χ4v) is 3.74.